The van der Waals surface area contributed by atoms with E-state index in [0.29, 0.717) is 21.9 Å². The minimum Gasteiger partial charge on any atom is -0.495 e. The van der Waals surface area contributed by atoms with E-state index < -0.39 is 0 Å². The lowest BCUT2D eigenvalue weighted by Gasteiger charge is -2.12. The van der Waals surface area contributed by atoms with Gasteiger partial charge in [-0.2, -0.15) is 0 Å². The summed E-state index contributed by atoms with van der Waals surface area (Å²) >= 11 is 12.1. The van der Waals surface area contributed by atoms with Gasteiger partial charge in [0.2, 0.25) is 0 Å². The second-order valence-electron chi connectivity index (χ2n) is 4.44. The van der Waals surface area contributed by atoms with E-state index in [9.17, 15) is 0 Å². The van der Waals surface area contributed by atoms with E-state index in [2.05, 4.69) is 5.32 Å². The third-order valence-electron chi connectivity index (χ3n) is 3.11. The topological polar surface area (TPSA) is 35.1 Å². The van der Waals surface area contributed by atoms with Crippen molar-refractivity contribution in [1.82, 2.24) is 0 Å². The zero-order valence-electron chi connectivity index (χ0n) is 10.4. The zero-order chi connectivity index (χ0) is 13.0. The summed E-state index contributed by atoms with van der Waals surface area (Å²) in [6.45, 7) is 2.65. The van der Waals surface area contributed by atoms with Crippen molar-refractivity contribution in [2.24, 2.45) is 0 Å². The van der Waals surface area contributed by atoms with E-state index >= 15 is 0 Å². The fourth-order valence-corrected chi connectivity index (χ4v) is 2.86. The van der Waals surface area contributed by atoms with Gasteiger partial charge in [-0.25, -0.2) is 0 Å². The van der Waals surface area contributed by atoms with Gasteiger partial charge in [0.1, 0.15) is 24.9 Å². The quantitative estimate of drug-likeness (QED) is 0.903. The predicted octanol–water partition coefficient (Wildman–Crippen LogP) is 2.24. The molecule has 0 aromatic heterocycles. The van der Waals surface area contributed by atoms with Crippen LogP contribution >= 0.6 is 23.2 Å². The normalized spacial score (nSPS) is 19.2. The van der Waals surface area contributed by atoms with Crippen molar-refractivity contribution in [2.45, 2.75) is 25.5 Å². The second-order valence-corrected chi connectivity index (χ2v) is 5.29. The Bertz CT molecular complexity index is 406. The van der Waals surface area contributed by atoms with Crippen molar-refractivity contribution in [3.63, 3.8) is 0 Å². The molecule has 0 amide bonds. The molecule has 0 unspecified atom stereocenters. The molecule has 1 aromatic carbocycles. The van der Waals surface area contributed by atoms with Crippen LogP contribution in [0.3, 0.4) is 0 Å². The third kappa shape index (κ3) is 3.51. The minimum absolute atomic E-state index is 0.380. The monoisotopic (exact) mass is 290 g/mol. The maximum Gasteiger partial charge on any atom is 0.146 e. The first-order valence-electron chi connectivity index (χ1n) is 6.16. The van der Waals surface area contributed by atoms with Crippen LogP contribution in [-0.2, 0) is 11.3 Å². The van der Waals surface area contributed by atoms with Crippen molar-refractivity contribution in [2.75, 3.05) is 20.3 Å². The molecule has 1 atom stereocenters. The largest absolute Gasteiger partial charge is 0.495 e. The highest BCUT2D eigenvalue weighted by molar-refractivity contribution is 6.35. The Hall–Kier alpha value is -0.480. The summed E-state index contributed by atoms with van der Waals surface area (Å²) < 4.78 is 10.9. The van der Waals surface area contributed by atoms with Crippen LogP contribution in [0.1, 0.15) is 18.4 Å². The summed E-state index contributed by atoms with van der Waals surface area (Å²) in [5, 5.41) is 3.41. The van der Waals surface area contributed by atoms with Gasteiger partial charge < -0.3 is 14.8 Å². The molecule has 5 heteroatoms. The third-order valence-corrected chi connectivity index (χ3v) is 3.61. The molecule has 1 saturated heterocycles. The first kappa shape index (κ1) is 13.9. The predicted molar refractivity (Wildman–Crippen MR) is 72.5 cm³/mol. The molecular weight excluding hydrogens is 273 g/mol. The standard InChI is InChI=1S/C13H17Cl2NO2/c1-17-13-9(5-10(14)6-12(13)15)7-16-8-11-3-2-4-18-11/h5-6,11,16H,2-4,7-8H2,1H3/p+1/t11-/m0/s1. The van der Waals surface area contributed by atoms with Gasteiger partial charge in [-0.3, -0.25) is 0 Å². The first-order valence-corrected chi connectivity index (χ1v) is 6.91. The molecule has 1 aromatic rings. The van der Waals surface area contributed by atoms with Gasteiger partial charge in [-0.05, 0) is 25.0 Å². The van der Waals surface area contributed by atoms with Crippen molar-refractivity contribution >= 4 is 23.2 Å². The van der Waals surface area contributed by atoms with Crippen LogP contribution in [0.4, 0.5) is 0 Å². The van der Waals surface area contributed by atoms with Crippen LogP contribution in [0.15, 0.2) is 12.1 Å². The van der Waals surface area contributed by atoms with E-state index in [-0.39, 0.29) is 0 Å². The lowest BCUT2D eigenvalue weighted by atomic mass is 10.2. The van der Waals surface area contributed by atoms with Crippen LogP contribution in [0.5, 0.6) is 5.75 Å². The molecule has 0 spiro atoms. The van der Waals surface area contributed by atoms with Gasteiger partial charge in [0.15, 0.2) is 0 Å². The van der Waals surface area contributed by atoms with Gasteiger partial charge in [0.05, 0.1) is 17.7 Å². The molecule has 0 radical (unpaired) electrons. The highest BCUT2D eigenvalue weighted by atomic mass is 35.5. The number of halogens is 2. The molecule has 100 valence electrons. The van der Waals surface area contributed by atoms with Gasteiger partial charge in [0.25, 0.3) is 0 Å². The van der Waals surface area contributed by atoms with Crippen molar-refractivity contribution in [1.29, 1.82) is 0 Å². The number of methoxy groups -OCH3 is 1. The Morgan fingerprint density at radius 1 is 1.44 bits per heavy atom. The number of nitrogens with two attached hydrogens (primary N) is 1. The van der Waals surface area contributed by atoms with Crippen molar-refractivity contribution in [3.05, 3.63) is 27.7 Å². The molecule has 2 N–H and O–H groups in total. The molecule has 3 nitrogen and oxygen atoms in total. The van der Waals surface area contributed by atoms with Gasteiger partial charge in [-0.1, -0.05) is 23.2 Å². The van der Waals surface area contributed by atoms with Crippen LogP contribution in [0.25, 0.3) is 0 Å². The van der Waals surface area contributed by atoms with Crippen molar-refractivity contribution in [3.8, 4) is 5.75 Å². The summed E-state index contributed by atoms with van der Waals surface area (Å²) in [5.74, 6) is 0.713. The molecule has 1 fully saturated rings. The molecular formula is C13H18Cl2NO2+. The lowest BCUT2D eigenvalue weighted by molar-refractivity contribution is -0.676. The van der Waals surface area contributed by atoms with E-state index in [1.165, 1.54) is 6.42 Å². The Kier molecular flexibility index (Phi) is 5.13. The number of quaternary nitrogens is 1. The SMILES string of the molecule is COc1c(Cl)cc(Cl)cc1C[NH2+]C[C@@H]1CCCO1. The fraction of sp³-hybridized carbons (Fsp3) is 0.538. The molecule has 0 aliphatic carbocycles. The maximum atomic E-state index is 6.09. The van der Waals surface area contributed by atoms with E-state index in [1.807, 2.05) is 6.07 Å². The highest BCUT2D eigenvalue weighted by Crippen LogP contribution is 2.31. The summed E-state index contributed by atoms with van der Waals surface area (Å²) in [5.41, 5.74) is 1.02. The highest BCUT2D eigenvalue weighted by Gasteiger charge is 2.18. The Labute approximate surface area is 117 Å². The number of rotatable bonds is 5. The van der Waals surface area contributed by atoms with Crippen LogP contribution in [-0.4, -0.2) is 26.4 Å². The first-order chi connectivity index (χ1) is 8.70. The van der Waals surface area contributed by atoms with E-state index in [0.717, 1.165) is 31.7 Å². The Morgan fingerprint density at radius 3 is 2.94 bits per heavy atom. The van der Waals surface area contributed by atoms with Crippen LogP contribution in [0, 0.1) is 0 Å². The molecule has 18 heavy (non-hydrogen) atoms. The number of hydrogen-bond donors (Lipinski definition) is 1. The number of benzene rings is 1. The minimum atomic E-state index is 0.380. The van der Waals surface area contributed by atoms with Crippen molar-refractivity contribution < 1.29 is 14.8 Å². The lowest BCUT2D eigenvalue weighted by Crippen LogP contribution is -2.84. The smallest absolute Gasteiger partial charge is 0.146 e. The van der Waals surface area contributed by atoms with Gasteiger partial charge in [-0.15, -0.1) is 0 Å². The fourth-order valence-electron chi connectivity index (χ4n) is 2.25. The zero-order valence-corrected chi connectivity index (χ0v) is 11.9. The summed E-state index contributed by atoms with van der Waals surface area (Å²) in [4.78, 5) is 0. The molecule has 1 aliphatic rings. The summed E-state index contributed by atoms with van der Waals surface area (Å²) in [7, 11) is 1.62. The molecule has 1 aliphatic heterocycles. The van der Waals surface area contributed by atoms with E-state index in [1.54, 1.807) is 13.2 Å². The van der Waals surface area contributed by atoms with Crippen LogP contribution in [0.2, 0.25) is 10.0 Å². The molecule has 2 rings (SSSR count). The molecule has 1 heterocycles. The average molecular weight is 291 g/mol. The molecule has 0 saturated carbocycles. The Balaban J connectivity index is 1.95. The number of ether oxygens (including phenoxy) is 2. The van der Waals surface area contributed by atoms with E-state index in [4.69, 9.17) is 32.7 Å². The number of hydrogen-bond acceptors (Lipinski definition) is 2. The maximum absolute atomic E-state index is 6.09. The van der Waals surface area contributed by atoms with Gasteiger partial charge >= 0.3 is 0 Å². The molecule has 0 bridgehead atoms. The Morgan fingerprint density at radius 2 is 2.28 bits per heavy atom. The summed E-state index contributed by atoms with van der Waals surface area (Å²) in [6, 6.07) is 3.60. The average Bonchev–Trinajstić information content (AvgIpc) is 2.81. The van der Waals surface area contributed by atoms with Gasteiger partial charge in [0, 0.05) is 11.6 Å². The summed E-state index contributed by atoms with van der Waals surface area (Å²) in [6.07, 6.45) is 2.71. The second kappa shape index (κ2) is 6.62. The van der Waals surface area contributed by atoms with Crippen LogP contribution < -0.4 is 10.1 Å².